The zero-order valence-corrected chi connectivity index (χ0v) is 17.5. The second-order valence-corrected chi connectivity index (χ2v) is 7.61. The number of carbonyl (C=O) groups is 1. The summed E-state index contributed by atoms with van der Waals surface area (Å²) in [6.45, 7) is 4.59. The van der Waals surface area contributed by atoms with Crippen LogP contribution in [0, 0.1) is 0 Å². The van der Waals surface area contributed by atoms with Gasteiger partial charge in [-0.15, -0.1) is 0 Å². The van der Waals surface area contributed by atoms with Crippen LogP contribution in [0.15, 0.2) is 59.0 Å². The van der Waals surface area contributed by atoms with Crippen LogP contribution in [-0.4, -0.2) is 43.9 Å². The third kappa shape index (κ3) is 4.87. The molecule has 2 aromatic carbocycles. The fourth-order valence-electron chi connectivity index (χ4n) is 3.66. The Morgan fingerprint density at radius 1 is 1.00 bits per heavy atom. The van der Waals surface area contributed by atoms with Crippen LogP contribution in [0.2, 0.25) is 0 Å². The van der Waals surface area contributed by atoms with Gasteiger partial charge < -0.3 is 28.7 Å². The summed E-state index contributed by atoms with van der Waals surface area (Å²) < 4.78 is 27.4. The summed E-state index contributed by atoms with van der Waals surface area (Å²) in [4.78, 5) is 15.0. The van der Waals surface area contributed by atoms with Crippen LogP contribution in [-0.2, 0) is 17.9 Å². The van der Waals surface area contributed by atoms with Crippen LogP contribution < -0.4 is 19.5 Å². The molecule has 0 unspecified atom stereocenters. The summed E-state index contributed by atoms with van der Waals surface area (Å²) in [6, 6.07) is 16.6. The molecule has 32 heavy (non-hydrogen) atoms. The Labute approximate surface area is 185 Å². The summed E-state index contributed by atoms with van der Waals surface area (Å²) >= 11 is 0. The second kappa shape index (κ2) is 9.33. The maximum atomic E-state index is 12.6. The van der Waals surface area contributed by atoms with Crippen molar-refractivity contribution in [1.82, 2.24) is 4.90 Å². The molecule has 2 aliphatic rings. The molecule has 0 radical (unpaired) electrons. The van der Waals surface area contributed by atoms with E-state index in [2.05, 4.69) is 16.3 Å². The molecule has 1 amide bonds. The average molecular weight is 436 g/mol. The zero-order chi connectivity index (χ0) is 21.8. The highest BCUT2D eigenvalue weighted by atomic mass is 16.7. The van der Waals surface area contributed by atoms with Gasteiger partial charge in [-0.05, 0) is 42.0 Å². The lowest BCUT2D eigenvalue weighted by Crippen LogP contribution is -2.35. The molecular weight excluding hydrogens is 412 g/mol. The van der Waals surface area contributed by atoms with E-state index in [4.69, 9.17) is 23.4 Å². The molecule has 1 N–H and O–H groups in total. The fraction of sp³-hybridized carbons (Fsp3) is 0.292. The summed E-state index contributed by atoms with van der Waals surface area (Å²) in [6.07, 6.45) is 0. The highest BCUT2D eigenvalue weighted by Gasteiger charge is 2.16. The molecule has 3 aromatic rings. The Hall–Kier alpha value is -3.49. The molecule has 8 heteroatoms. The molecule has 2 aliphatic heterocycles. The van der Waals surface area contributed by atoms with Crippen molar-refractivity contribution in [2.75, 3.05) is 38.4 Å². The third-order valence-electron chi connectivity index (χ3n) is 5.31. The number of nitrogens with zero attached hydrogens (tertiary/aromatic N) is 1. The number of fused-ring (bicyclic) bond motifs is 1. The first kappa shape index (κ1) is 20.4. The monoisotopic (exact) mass is 436 g/mol. The number of hydrogen-bond acceptors (Lipinski definition) is 7. The minimum Gasteiger partial charge on any atom is -0.486 e. The smallest absolute Gasteiger partial charge is 0.291 e. The molecule has 8 nitrogen and oxygen atoms in total. The molecule has 0 saturated carbocycles. The van der Waals surface area contributed by atoms with Gasteiger partial charge in [0, 0.05) is 31.4 Å². The van der Waals surface area contributed by atoms with Gasteiger partial charge in [0.2, 0.25) is 6.79 Å². The van der Waals surface area contributed by atoms with E-state index in [1.54, 1.807) is 30.3 Å². The van der Waals surface area contributed by atoms with Crippen molar-refractivity contribution < 1.29 is 28.2 Å². The number of benzene rings is 2. The van der Waals surface area contributed by atoms with E-state index in [1.807, 2.05) is 18.2 Å². The Balaban J connectivity index is 1.16. The summed E-state index contributed by atoms with van der Waals surface area (Å²) in [5.41, 5.74) is 1.87. The molecule has 0 spiro atoms. The number of anilines is 1. The Morgan fingerprint density at radius 3 is 2.78 bits per heavy atom. The normalized spacial score (nSPS) is 15.5. The molecule has 1 aromatic heterocycles. The zero-order valence-electron chi connectivity index (χ0n) is 17.5. The molecular formula is C24H24N2O6. The van der Waals surface area contributed by atoms with E-state index in [1.165, 1.54) is 0 Å². The Morgan fingerprint density at radius 2 is 1.88 bits per heavy atom. The van der Waals surface area contributed by atoms with E-state index >= 15 is 0 Å². The largest absolute Gasteiger partial charge is 0.486 e. The first-order chi connectivity index (χ1) is 15.7. The molecule has 0 atom stereocenters. The van der Waals surface area contributed by atoms with Crippen molar-refractivity contribution in [3.05, 3.63) is 71.7 Å². The van der Waals surface area contributed by atoms with E-state index in [0.29, 0.717) is 23.0 Å². The number of rotatable bonds is 7. The van der Waals surface area contributed by atoms with Crippen LogP contribution in [0.3, 0.4) is 0 Å². The average Bonchev–Trinajstić information content (AvgIpc) is 3.48. The van der Waals surface area contributed by atoms with Crippen molar-refractivity contribution in [2.24, 2.45) is 0 Å². The lowest BCUT2D eigenvalue weighted by molar-refractivity contribution is 0.0342. The maximum Gasteiger partial charge on any atom is 0.291 e. The molecule has 166 valence electrons. The van der Waals surface area contributed by atoms with Crippen LogP contribution in [0.5, 0.6) is 17.2 Å². The molecule has 5 rings (SSSR count). The van der Waals surface area contributed by atoms with Crippen molar-refractivity contribution in [1.29, 1.82) is 0 Å². The number of hydrogen-bond donors (Lipinski definition) is 1. The van der Waals surface area contributed by atoms with Crippen LogP contribution in [0.4, 0.5) is 5.69 Å². The Kier molecular flexibility index (Phi) is 5.96. The minimum absolute atomic E-state index is 0.196. The number of ether oxygens (including phenoxy) is 4. The van der Waals surface area contributed by atoms with Crippen LogP contribution in [0.1, 0.15) is 21.9 Å². The van der Waals surface area contributed by atoms with Crippen LogP contribution in [0.25, 0.3) is 0 Å². The van der Waals surface area contributed by atoms with Crippen molar-refractivity contribution in [3.8, 4) is 17.2 Å². The van der Waals surface area contributed by atoms with Gasteiger partial charge in [0.1, 0.15) is 18.1 Å². The summed E-state index contributed by atoms with van der Waals surface area (Å²) in [7, 11) is 0. The van der Waals surface area contributed by atoms with Gasteiger partial charge >= 0.3 is 0 Å². The topological polar surface area (TPSA) is 82.4 Å². The lowest BCUT2D eigenvalue weighted by atomic mass is 10.2. The summed E-state index contributed by atoms with van der Waals surface area (Å²) in [5.74, 6) is 2.46. The van der Waals surface area contributed by atoms with Gasteiger partial charge in [-0.3, -0.25) is 9.69 Å². The van der Waals surface area contributed by atoms with E-state index in [0.717, 1.165) is 44.1 Å². The number of morpholine rings is 1. The number of nitrogens with one attached hydrogen (secondary N) is 1. The molecule has 0 bridgehead atoms. The standard InChI is InChI=1S/C24H24N2O6/c27-24(25-18-3-1-2-17(12-18)14-26-8-10-28-11-9-26)22-7-5-20(32-22)15-29-19-4-6-21-23(13-19)31-16-30-21/h1-7,12-13H,8-11,14-16H2,(H,25,27). The highest BCUT2D eigenvalue weighted by molar-refractivity contribution is 6.02. The van der Waals surface area contributed by atoms with Crippen molar-refractivity contribution in [2.45, 2.75) is 13.2 Å². The van der Waals surface area contributed by atoms with Crippen molar-refractivity contribution in [3.63, 3.8) is 0 Å². The lowest BCUT2D eigenvalue weighted by Gasteiger charge is -2.26. The van der Waals surface area contributed by atoms with Crippen LogP contribution >= 0.6 is 0 Å². The van der Waals surface area contributed by atoms with Gasteiger partial charge in [-0.1, -0.05) is 12.1 Å². The van der Waals surface area contributed by atoms with E-state index in [-0.39, 0.29) is 25.1 Å². The first-order valence-electron chi connectivity index (χ1n) is 10.5. The van der Waals surface area contributed by atoms with Crippen molar-refractivity contribution >= 4 is 11.6 Å². The second-order valence-electron chi connectivity index (χ2n) is 7.61. The SMILES string of the molecule is O=C(Nc1cccc(CN2CCOCC2)c1)c1ccc(COc2ccc3c(c2)OCO3)o1. The van der Waals surface area contributed by atoms with Gasteiger partial charge in [0.05, 0.1) is 13.2 Å². The predicted octanol–water partition coefficient (Wildman–Crippen LogP) is 3.67. The fourth-order valence-corrected chi connectivity index (χ4v) is 3.66. The predicted molar refractivity (Wildman–Crippen MR) is 116 cm³/mol. The highest BCUT2D eigenvalue weighted by Crippen LogP contribution is 2.35. The minimum atomic E-state index is -0.303. The van der Waals surface area contributed by atoms with Gasteiger partial charge in [0.15, 0.2) is 17.3 Å². The number of carbonyl (C=O) groups excluding carboxylic acids is 1. The third-order valence-corrected chi connectivity index (χ3v) is 5.31. The number of furan rings is 1. The van der Waals surface area contributed by atoms with Gasteiger partial charge in [0.25, 0.3) is 5.91 Å². The van der Waals surface area contributed by atoms with Gasteiger partial charge in [-0.2, -0.15) is 0 Å². The summed E-state index contributed by atoms with van der Waals surface area (Å²) in [5, 5.41) is 2.90. The Bertz CT molecular complexity index is 1090. The molecule has 1 saturated heterocycles. The molecule has 0 aliphatic carbocycles. The first-order valence-corrected chi connectivity index (χ1v) is 10.5. The van der Waals surface area contributed by atoms with E-state index in [9.17, 15) is 4.79 Å². The number of amides is 1. The maximum absolute atomic E-state index is 12.6. The molecule has 3 heterocycles. The quantitative estimate of drug-likeness (QED) is 0.605. The van der Waals surface area contributed by atoms with E-state index < -0.39 is 0 Å². The van der Waals surface area contributed by atoms with Gasteiger partial charge in [-0.25, -0.2) is 0 Å². The molecule has 1 fully saturated rings.